The van der Waals surface area contributed by atoms with Crippen LogP contribution in [0.2, 0.25) is 0 Å². The van der Waals surface area contributed by atoms with E-state index in [2.05, 4.69) is 15.6 Å². The molecule has 0 fully saturated rings. The minimum absolute atomic E-state index is 0.174. The zero-order valence-electron chi connectivity index (χ0n) is 20.8. The molecule has 1 aromatic heterocycles. The molecule has 3 aromatic carbocycles. The number of thiazole rings is 1. The number of carbonyl (C=O) groups is 4. The average Bonchev–Trinajstić information content (AvgIpc) is 3.37. The van der Waals surface area contributed by atoms with E-state index < -0.39 is 28.7 Å². The van der Waals surface area contributed by atoms with Gasteiger partial charge in [-0.25, -0.2) is 14.6 Å². The summed E-state index contributed by atoms with van der Waals surface area (Å²) in [5.74, 6) is -3.65. The molecule has 11 heteroatoms. The second kappa shape index (κ2) is 11.9. The molecule has 1 unspecified atom stereocenters. The highest BCUT2D eigenvalue weighted by Gasteiger charge is 2.20. The number of carboxylic acid groups (broad SMARTS) is 2. The summed E-state index contributed by atoms with van der Waals surface area (Å²) in [6, 6.07) is 18.0. The Labute approximate surface area is 231 Å². The van der Waals surface area contributed by atoms with Gasteiger partial charge >= 0.3 is 11.9 Å². The molecule has 0 aliphatic rings. The predicted octanol–water partition coefficient (Wildman–Crippen LogP) is 5.89. The lowest BCUT2D eigenvalue weighted by Crippen LogP contribution is -2.22. The standard InChI is InChI=1S/C28H23N3O6S2/c1-15-6-8-17(9-7-15)23-14-38-28(30-23)31-24(32)16(2)39-20-5-3-4-19(13-20)29-25(33)21-11-10-18(26(34)35)12-22(21)27(36)37/h3-14,16H,1-2H3,(H,29,33)(H,34,35)(H,36,37)(H,30,31,32). The molecule has 2 amide bonds. The summed E-state index contributed by atoms with van der Waals surface area (Å²) in [5, 5.41) is 25.9. The van der Waals surface area contributed by atoms with E-state index in [-0.39, 0.29) is 17.0 Å². The van der Waals surface area contributed by atoms with Crippen molar-refractivity contribution in [1.82, 2.24) is 4.98 Å². The van der Waals surface area contributed by atoms with Crippen LogP contribution in [-0.4, -0.2) is 44.2 Å². The lowest BCUT2D eigenvalue weighted by molar-refractivity contribution is -0.115. The van der Waals surface area contributed by atoms with E-state index in [0.29, 0.717) is 15.7 Å². The highest BCUT2D eigenvalue weighted by molar-refractivity contribution is 8.00. The van der Waals surface area contributed by atoms with E-state index in [1.54, 1.807) is 31.2 Å². The Balaban J connectivity index is 1.40. The number of amides is 2. The minimum atomic E-state index is -1.42. The molecule has 4 aromatic rings. The van der Waals surface area contributed by atoms with Gasteiger partial charge in [0.25, 0.3) is 5.91 Å². The number of benzene rings is 3. The maximum atomic E-state index is 12.8. The maximum Gasteiger partial charge on any atom is 0.336 e. The van der Waals surface area contributed by atoms with Gasteiger partial charge in [0, 0.05) is 21.5 Å². The smallest absolute Gasteiger partial charge is 0.336 e. The second-order valence-electron chi connectivity index (χ2n) is 8.51. The number of anilines is 2. The third kappa shape index (κ3) is 6.89. The first kappa shape index (κ1) is 27.6. The van der Waals surface area contributed by atoms with Crippen LogP contribution < -0.4 is 10.6 Å². The molecule has 4 N–H and O–H groups in total. The number of aromatic nitrogens is 1. The van der Waals surface area contributed by atoms with Gasteiger partial charge in [0.05, 0.1) is 27.6 Å². The van der Waals surface area contributed by atoms with Crippen LogP contribution in [0.25, 0.3) is 11.3 Å². The molecule has 0 aliphatic heterocycles. The Morgan fingerprint density at radius 3 is 2.33 bits per heavy atom. The molecular weight excluding hydrogens is 538 g/mol. The minimum Gasteiger partial charge on any atom is -0.478 e. The molecule has 0 spiro atoms. The third-order valence-corrected chi connectivity index (χ3v) is 7.45. The first-order chi connectivity index (χ1) is 18.6. The highest BCUT2D eigenvalue weighted by atomic mass is 32.2. The van der Waals surface area contributed by atoms with Crippen LogP contribution in [0.4, 0.5) is 10.8 Å². The number of hydrogen-bond donors (Lipinski definition) is 4. The Kier molecular flexibility index (Phi) is 8.43. The second-order valence-corrected chi connectivity index (χ2v) is 10.8. The van der Waals surface area contributed by atoms with Crippen LogP contribution in [0.1, 0.15) is 43.6 Å². The Morgan fingerprint density at radius 1 is 0.897 bits per heavy atom. The van der Waals surface area contributed by atoms with Crippen LogP contribution >= 0.6 is 23.1 Å². The van der Waals surface area contributed by atoms with E-state index in [1.807, 2.05) is 36.6 Å². The first-order valence-corrected chi connectivity index (χ1v) is 13.4. The average molecular weight is 562 g/mol. The molecule has 4 rings (SSSR count). The number of carbonyl (C=O) groups excluding carboxylic acids is 2. The molecule has 0 aliphatic carbocycles. The molecular formula is C28H23N3O6S2. The summed E-state index contributed by atoms with van der Waals surface area (Å²) in [6.07, 6.45) is 0. The van der Waals surface area contributed by atoms with Gasteiger partial charge in [0.1, 0.15) is 0 Å². The van der Waals surface area contributed by atoms with E-state index in [9.17, 15) is 24.3 Å². The Morgan fingerprint density at radius 2 is 1.64 bits per heavy atom. The molecule has 0 radical (unpaired) electrons. The van der Waals surface area contributed by atoms with Gasteiger partial charge in [-0.05, 0) is 50.2 Å². The van der Waals surface area contributed by atoms with Gasteiger partial charge in [0.15, 0.2) is 5.13 Å². The number of rotatable bonds is 9. The zero-order valence-corrected chi connectivity index (χ0v) is 22.4. The summed E-state index contributed by atoms with van der Waals surface area (Å²) >= 11 is 2.62. The van der Waals surface area contributed by atoms with Crippen molar-refractivity contribution in [1.29, 1.82) is 0 Å². The van der Waals surface area contributed by atoms with E-state index in [1.165, 1.54) is 29.2 Å². The molecule has 39 heavy (non-hydrogen) atoms. The van der Waals surface area contributed by atoms with Crippen LogP contribution in [0.3, 0.4) is 0 Å². The van der Waals surface area contributed by atoms with Gasteiger partial charge < -0.3 is 20.8 Å². The molecule has 0 saturated carbocycles. The van der Waals surface area contributed by atoms with Crippen molar-refractivity contribution in [2.45, 2.75) is 24.0 Å². The monoisotopic (exact) mass is 561 g/mol. The normalized spacial score (nSPS) is 11.4. The maximum absolute atomic E-state index is 12.8. The largest absolute Gasteiger partial charge is 0.478 e. The van der Waals surface area contributed by atoms with Gasteiger partial charge in [-0.15, -0.1) is 23.1 Å². The van der Waals surface area contributed by atoms with Gasteiger partial charge in [0.2, 0.25) is 5.91 Å². The van der Waals surface area contributed by atoms with Crippen molar-refractivity contribution in [3.05, 3.63) is 94.4 Å². The Hall–Kier alpha value is -4.48. The fourth-order valence-corrected chi connectivity index (χ4v) is 5.20. The van der Waals surface area contributed by atoms with Crippen LogP contribution in [-0.2, 0) is 4.79 Å². The number of hydrogen-bond acceptors (Lipinski definition) is 7. The van der Waals surface area contributed by atoms with Crippen molar-refractivity contribution < 1.29 is 29.4 Å². The van der Waals surface area contributed by atoms with Crippen molar-refractivity contribution in [2.75, 3.05) is 10.6 Å². The molecule has 1 heterocycles. The summed E-state index contributed by atoms with van der Waals surface area (Å²) in [4.78, 5) is 53.6. The SMILES string of the molecule is Cc1ccc(-c2csc(NC(=O)C(C)Sc3cccc(NC(=O)c4ccc(C(=O)O)cc4C(=O)O)c3)n2)cc1. The lowest BCUT2D eigenvalue weighted by Gasteiger charge is -2.12. The van der Waals surface area contributed by atoms with Crippen molar-refractivity contribution in [2.24, 2.45) is 0 Å². The molecule has 198 valence electrons. The van der Waals surface area contributed by atoms with Crippen molar-refractivity contribution in [3.63, 3.8) is 0 Å². The number of carboxylic acids is 2. The quantitative estimate of drug-likeness (QED) is 0.185. The van der Waals surface area contributed by atoms with Gasteiger partial charge in [-0.3, -0.25) is 9.59 Å². The Bertz CT molecular complexity index is 1570. The number of nitrogens with zero attached hydrogens (tertiary/aromatic N) is 1. The lowest BCUT2D eigenvalue weighted by atomic mass is 10.0. The fourth-order valence-electron chi connectivity index (χ4n) is 3.55. The summed E-state index contributed by atoms with van der Waals surface area (Å²) in [7, 11) is 0. The summed E-state index contributed by atoms with van der Waals surface area (Å²) < 4.78 is 0. The first-order valence-electron chi connectivity index (χ1n) is 11.6. The number of aromatic carboxylic acids is 2. The number of nitrogens with one attached hydrogen (secondary N) is 2. The molecule has 0 saturated heterocycles. The predicted molar refractivity (Wildman–Crippen MR) is 151 cm³/mol. The van der Waals surface area contributed by atoms with Crippen LogP contribution in [0, 0.1) is 6.92 Å². The van der Waals surface area contributed by atoms with Crippen molar-refractivity contribution in [3.8, 4) is 11.3 Å². The van der Waals surface area contributed by atoms with E-state index >= 15 is 0 Å². The number of aryl methyl sites for hydroxylation is 1. The third-order valence-electron chi connectivity index (χ3n) is 5.60. The zero-order chi connectivity index (χ0) is 28.1. The summed E-state index contributed by atoms with van der Waals surface area (Å²) in [6.45, 7) is 3.76. The molecule has 9 nitrogen and oxygen atoms in total. The van der Waals surface area contributed by atoms with Gasteiger partial charge in [-0.2, -0.15) is 0 Å². The molecule has 0 bridgehead atoms. The summed E-state index contributed by atoms with van der Waals surface area (Å²) in [5.41, 5.74) is 2.45. The number of thioether (sulfide) groups is 1. The highest BCUT2D eigenvalue weighted by Crippen LogP contribution is 2.29. The van der Waals surface area contributed by atoms with Gasteiger partial charge in [-0.1, -0.05) is 35.9 Å². The van der Waals surface area contributed by atoms with Crippen LogP contribution in [0.5, 0.6) is 0 Å². The van der Waals surface area contributed by atoms with Crippen molar-refractivity contribution >= 4 is 57.7 Å². The fraction of sp³-hybridized carbons (Fsp3) is 0.107. The van der Waals surface area contributed by atoms with E-state index in [0.717, 1.165) is 29.0 Å². The van der Waals surface area contributed by atoms with E-state index in [4.69, 9.17) is 5.11 Å². The van der Waals surface area contributed by atoms with Crippen LogP contribution in [0.15, 0.2) is 77.0 Å². The topological polar surface area (TPSA) is 146 Å². The molecule has 1 atom stereocenters.